The van der Waals surface area contributed by atoms with Gasteiger partial charge in [0.2, 0.25) is 5.75 Å². The smallest absolute Gasteiger partial charge is 0.254 e. The molecule has 116 valence electrons. The molecule has 0 aromatic heterocycles. The van der Waals surface area contributed by atoms with Crippen LogP contribution in [0.25, 0.3) is 0 Å². The van der Waals surface area contributed by atoms with Gasteiger partial charge in [-0.25, -0.2) is 0 Å². The van der Waals surface area contributed by atoms with Gasteiger partial charge >= 0.3 is 0 Å². The average Bonchev–Trinajstić information content (AvgIpc) is 2.84. The lowest BCUT2D eigenvalue weighted by Gasteiger charge is -2.18. The molecule has 0 bridgehead atoms. The van der Waals surface area contributed by atoms with Gasteiger partial charge in [-0.1, -0.05) is 6.92 Å². The first-order valence-electron chi connectivity index (χ1n) is 6.86. The first kappa shape index (κ1) is 15.4. The molecular formula is C15H22N2O4. The Bertz CT molecular complexity index is 497. The highest BCUT2D eigenvalue weighted by molar-refractivity contribution is 5.96. The van der Waals surface area contributed by atoms with Crippen molar-refractivity contribution in [1.82, 2.24) is 4.90 Å². The van der Waals surface area contributed by atoms with Crippen molar-refractivity contribution in [2.45, 2.75) is 13.0 Å². The average molecular weight is 294 g/mol. The molecule has 1 aromatic rings. The molecule has 2 N–H and O–H groups in total. The maximum absolute atomic E-state index is 12.6. The summed E-state index contributed by atoms with van der Waals surface area (Å²) in [5.74, 6) is 1.64. The van der Waals surface area contributed by atoms with E-state index in [0.717, 1.165) is 0 Å². The van der Waals surface area contributed by atoms with Crippen LogP contribution in [0.4, 0.5) is 0 Å². The van der Waals surface area contributed by atoms with E-state index in [2.05, 4.69) is 0 Å². The summed E-state index contributed by atoms with van der Waals surface area (Å²) in [4.78, 5) is 14.4. The molecule has 6 nitrogen and oxygen atoms in total. The minimum absolute atomic E-state index is 0.0241. The molecule has 1 aliphatic rings. The van der Waals surface area contributed by atoms with E-state index in [1.54, 1.807) is 17.0 Å². The number of carbonyl (C=O) groups is 1. The van der Waals surface area contributed by atoms with E-state index >= 15 is 0 Å². The highest BCUT2D eigenvalue weighted by Crippen LogP contribution is 2.38. The third-order valence-corrected chi connectivity index (χ3v) is 3.87. The van der Waals surface area contributed by atoms with Gasteiger partial charge in [0.25, 0.3) is 5.91 Å². The van der Waals surface area contributed by atoms with Gasteiger partial charge in [-0.15, -0.1) is 0 Å². The molecule has 0 aliphatic carbocycles. The number of hydrogen-bond donors (Lipinski definition) is 1. The van der Waals surface area contributed by atoms with Crippen LogP contribution in [0.3, 0.4) is 0 Å². The quantitative estimate of drug-likeness (QED) is 0.901. The summed E-state index contributed by atoms with van der Waals surface area (Å²) in [6, 6.07) is 3.35. The van der Waals surface area contributed by atoms with E-state index < -0.39 is 0 Å². The Morgan fingerprint density at radius 2 is 1.71 bits per heavy atom. The lowest BCUT2D eigenvalue weighted by Crippen LogP contribution is -2.32. The SMILES string of the molecule is COc1cc(C(=O)N2CC(C)C(N)C2)cc(OC)c1OC. The summed E-state index contributed by atoms with van der Waals surface area (Å²) < 4.78 is 15.8. The summed E-state index contributed by atoms with van der Waals surface area (Å²) in [6.07, 6.45) is 0. The van der Waals surface area contributed by atoms with Gasteiger partial charge in [0.1, 0.15) is 0 Å². The Morgan fingerprint density at radius 1 is 1.14 bits per heavy atom. The monoisotopic (exact) mass is 294 g/mol. The first-order valence-corrected chi connectivity index (χ1v) is 6.86. The van der Waals surface area contributed by atoms with Crippen LogP contribution in [0.5, 0.6) is 17.2 Å². The second-order valence-corrected chi connectivity index (χ2v) is 5.27. The molecule has 0 spiro atoms. The van der Waals surface area contributed by atoms with Crippen molar-refractivity contribution in [3.8, 4) is 17.2 Å². The van der Waals surface area contributed by atoms with Crippen molar-refractivity contribution in [2.75, 3.05) is 34.4 Å². The van der Waals surface area contributed by atoms with Gasteiger partial charge in [-0.05, 0) is 18.1 Å². The lowest BCUT2D eigenvalue weighted by atomic mass is 10.1. The summed E-state index contributed by atoms with van der Waals surface area (Å²) in [5, 5.41) is 0. The number of rotatable bonds is 4. The van der Waals surface area contributed by atoms with Crippen molar-refractivity contribution >= 4 is 5.91 Å². The van der Waals surface area contributed by atoms with Crippen molar-refractivity contribution in [2.24, 2.45) is 11.7 Å². The molecule has 6 heteroatoms. The number of likely N-dealkylation sites (tertiary alicyclic amines) is 1. The number of carbonyl (C=O) groups excluding carboxylic acids is 1. The number of amides is 1. The molecule has 1 fully saturated rings. The molecule has 2 atom stereocenters. The summed E-state index contributed by atoms with van der Waals surface area (Å²) in [6.45, 7) is 3.28. The van der Waals surface area contributed by atoms with E-state index in [1.165, 1.54) is 21.3 Å². The van der Waals surface area contributed by atoms with Crippen LogP contribution in [0.2, 0.25) is 0 Å². The minimum atomic E-state index is -0.0750. The van der Waals surface area contributed by atoms with Crippen LogP contribution < -0.4 is 19.9 Å². The number of hydrogen-bond acceptors (Lipinski definition) is 5. The summed E-state index contributed by atoms with van der Waals surface area (Å²) >= 11 is 0. The van der Waals surface area contributed by atoms with Crippen LogP contribution in [-0.4, -0.2) is 51.3 Å². The van der Waals surface area contributed by atoms with E-state index in [-0.39, 0.29) is 11.9 Å². The highest BCUT2D eigenvalue weighted by Gasteiger charge is 2.31. The third kappa shape index (κ3) is 2.90. The molecule has 0 saturated carbocycles. The molecule has 1 heterocycles. The maximum Gasteiger partial charge on any atom is 0.254 e. The zero-order valence-corrected chi connectivity index (χ0v) is 12.9. The van der Waals surface area contributed by atoms with Crippen LogP contribution in [0.15, 0.2) is 12.1 Å². The fraction of sp³-hybridized carbons (Fsp3) is 0.533. The molecule has 1 saturated heterocycles. The Morgan fingerprint density at radius 3 is 2.10 bits per heavy atom. The zero-order valence-electron chi connectivity index (χ0n) is 12.9. The predicted molar refractivity (Wildman–Crippen MR) is 79.1 cm³/mol. The third-order valence-electron chi connectivity index (χ3n) is 3.87. The fourth-order valence-electron chi connectivity index (χ4n) is 2.54. The normalized spacial score (nSPS) is 21.3. The van der Waals surface area contributed by atoms with Crippen LogP contribution >= 0.6 is 0 Å². The van der Waals surface area contributed by atoms with Gasteiger partial charge in [-0.2, -0.15) is 0 Å². The lowest BCUT2D eigenvalue weighted by molar-refractivity contribution is 0.0786. The van der Waals surface area contributed by atoms with Crippen LogP contribution in [0.1, 0.15) is 17.3 Å². The van der Waals surface area contributed by atoms with E-state index in [4.69, 9.17) is 19.9 Å². The molecule has 1 aromatic carbocycles. The number of nitrogens with zero attached hydrogens (tertiary/aromatic N) is 1. The number of benzene rings is 1. The molecule has 0 radical (unpaired) electrons. The topological polar surface area (TPSA) is 74.0 Å². The molecule has 1 aliphatic heterocycles. The van der Waals surface area contributed by atoms with Crippen molar-refractivity contribution in [1.29, 1.82) is 0 Å². The Balaban J connectivity index is 2.33. The zero-order chi connectivity index (χ0) is 15.6. The molecular weight excluding hydrogens is 272 g/mol. The van der Waals surface area contributed by atoms with Crippen molar-refractivity contribution < 1.29 is 19.0 Å². The van der Waals surface area contributed by atoms with E-state index in [1.807, 2.05) is 6.92 Å². The maximum atomic E-state index is 12.6. The number of ether oxygens (including phenoxy) is 3. The second kappa shape index (κ2) is 6.22. The number of methoxy groups -OCH3 is 3. The van der Waals surface area contributed by atoms with Gasteiger partial charge in [0, 0.05) is 24.7 Å². The van der Waals surface area contributed by atoms with Gasteiger partial charge in [0.15, 0.2) is 11.5 Å². The molecule has 2 unspecified atom stereocenters. The second-order valence-electron chi connectivity index (χ2n) is 5.27. The molecule has 21 heavy (non-hydrogen) atoms. The Hall–Kier alpha value is -1.95. The van der Waals surface area contributed by atoms with Gasteiger partial charge < -0.3 is 24.8 Å². The summed E-state index contributed by atoms with van der Waals surface area (Å²) in [7, 11) is 4.59. The minimum Gasteiger partial charge on any atom is -0.493 e. The van der Waals surface area contributed by atoms with Crippen molar-refractivity contribution in [3.05, 3.63) is 17.7 Å². The summed E-state index contributed by atoms with van der Waals surface area (Å²) in [5.41, 5.74) is 6.48. The van der Waals surface area contributed by atoms with Crippen LogP contribution in [-0.2, 0) is 0 Å². The molecule has 1 amide bonds. The van der Waals surface area contributed by atoms with Gasteiger partial charge in [0.05, 0.1) is 21.3 Å². The standard InChI is InChI=1S/C15H22N2O4/c1-9-7-17(8-11(9)16)15(18)10-5-12(19-2)14(21-4)13(6-10)20-3/h5-6,9,11H,7-8,16H2,1-4H3. The van der Waals surface area contributed by atoms with Crippen molar-refractivity contribution in [3.63, 3.8) is 0 Å². The Kier molecular flexibility index (Phi) is 4.57. The highest BCUT2D eigenvalue weighted by atomic mass is 16.5. The predicted octanol–water partition coefficient (Wildman–Crippen LogP) is 1.13. The van der Waals surface area contributed by atoms with Crippen LogP contribution in [0, 0.1) is 5.92 Å². The largest absolute Gasteiger partial charge is 0.493 e. The Labute approximate surface area is 124 Å². The van der Waals surface area contributed by atoms with Gasteiger partial charge in [-0.3, -0.25) is 4.79 Å². The van der Waals surface area contributed by atoms with E-state index in [9.17, 15) is 4.79 Å². The fourth-order valence-corrected chi connectivity index (χ4v) is 2.54. The first-order chi connectivity index (χ1) is 10.0. The molecule has 2 rings (SSSR count). The number of nitrogens with two attached hydrogens (primary N) is 1. The van der Waals surface area contributed by atoms with E-state index in [0.29, 0.717) is 41.8 Å².